The smallest absolute Gasteiger partial charge is 0.269 e. The summed E-state index contributed by atoms with van der Waals surface area (Å²) in [7, 11) is -3.37. The maximum absolute atomic E-state index is 12.8. The van der Waals surface area contributed by atoms with E-state index in [1.54, 1.807) is 41.9 Å². The Hall–Kier alpha value is -4.02. The van der Waals surface area contributed by atoms with Crippen molar-refractivity contribution in [3.05, 3.63) is 88.3 Å². The summed E-state index contributed by atoms with van der Waals surface area (Å²) in [5, 5.41) is 7.45. The number of fused-ring (bicyclic) bond motifs is 3. The van der Waals surface area contributed by atoms with Gasteiger partial charge < -0.3 is 11.1 Å². The van der Waals surface area contributed by atoms with Crippen molar-refractivity contribution in [2.24, 2.45) is 5.73 Å². The van der Waals surface area contributed by atoms with E-state index >= 15 is 0 Å². The van der Waals surface area contributed by atoms with Crippen molar-refractivity contribution >= 4 is 38.9 Å². The minimum Gasteiger partial charge on any atom is -0.364 e. The first-order chi connectivity index (χ1) is 17.7. The molecule has 0 saturated heterocycles. The van der Waals surface area contributed by atoms with Gasteiger partial charge >= 0.3 is 0 Å². The van der Waals surface area contributed by atoms with Gasteiger partial charge in [0.25, 0.3) is 11.8 Å². The van der Waals surface area contributed by atoms with Gasteiger partial charge in [-0.3, -0.25) is 9.59 Å². The molecule has 1 aliphatic rings. The number of nitrogens with zero attached hydrogens (tertiary/aromatic N) is 3. The van der Waals surface area contributed by atoms with Gasteiger partial charge in [-0.15, -0.1) is 0 Å². The van der Waals surface area contributed by atoms with E-state index in [4.69, 9.17) is 17.3 Å². The van der Waals surface area contributed by atoms with E-state index in [-0.39, 0.29) is 27.1 Å². The fourth-order valence-corrected chi connectivity index (χ4v) is 5.51. The van der Waals surface area contributed by atoms with Crippen molar-refractivity contribution in [2.45, 2.75) is 24.7 Å². The average molecular weight is 536 g/mol. The summed E-state index contributed by atoms with van der Waals surface area (Å²) in [6.07, 6.45) is 2.71. The van der Waals surface area contributed by atoms with E-state index in [1.165, 1.54) is 18.3 Å². The van der Waals surface area contributed by atoms with Crippen molar-refractivity contribution in [3.8, 4) is 16.9 Å². The Morgan fingerprint density at radius 2 is 1.86 bits per heavy atom. The lowest BCUT2D eigenvalue weighted by Crippen LogP contribution is -2.16. The van der Waals surface area contributed by atoms with Crippen molar-refractivity contribution in [3.63, 3.8) is 0 Å². The molecule has 3 N–H and O–H groups in total. The van der Waals surface area contributed by atoms with Crippen LogP contribution in [-0.2, 0) is 22.7 Å². The highest BCUT2D eigenvalue weighted by Crippen LogP contribution is 2.38. The number of hydrogen-bond donors (Lipinski definition) is 2. The SMILES string of the molecule is CCS(=O)(=O)c1ccc(-n2nc(C(N)=O)c3c2-c2cc(NC(=O)c4cccnc4Cl)ccc2CC3)cc1. The normalized spacial score (nSPS) is 12.5. The topological polar surface area (TPSA) is 137 Å². The third kappa shape index (κ3) is 4.49. The molecule has 11 heteroatoms. The maximum atomic E-state index is 12.8. The molecule has 0 saturated carbocycles. The second-order valence-electron chi connectivity index (χ2n) is 8.52. The molecule has 2 aromatic heterocycles. The summed E-state index contributed by atoms with van der Waals surface area (Å²) >= 11 is 6.07. The molecular formula is C26H22ClN5O4S. The summed E-state index contributed by atoms with van der Waals surface area (Å²) in [6, 6.07) is 15.1. The van der Waals surface area contributed by atoms with Crippen LogP contribution in [0.3, 0.4) is 0 Å². The van der Waals surface area contributed by atoms with Crippen LogP contribution in [0, 0.1) is 0 Å². The van der Waals surface area contributed by atoms with E-state index in [9.17, 15) is 18.0 Å². The van der Waals surface area contributed by atoms with Crippen molar-refractivity contribution in [1.29, 1.82) is 0 Å². The van der Waals surface area contributed by atoms with Gasteiger partial charge in [0.1, 0.15) is 5.15 Å². The third-order valence-electron chi connectivity index (χ3n) is 6.31. The molecule has 2 heterocycles. The van der Waals surface area contributed by atoms with Crippen LogP contribution in [-0.4, -0.2) is 40.7 Å². The molecule has 0 bridgehead atoms. The van der Waals surface area contributed by atoms with E-state index in [1.807, 2.05) is 12.1 Å². The van der Waals surface area contributed by atoms with Crippen LogP contribution in [0.4, 0.5) is 5.69 Å². The molecule has 5 rings (SSSR count). The largest absolute Gasteiger partial charge is 0.364 e. The molecule has 0 unspecified atom stereocenters. The van der Waals surface area contributed by atoms with Crippen molar-refractivity contribution < 1.29 is 18.0 Å². The molecular weight excluding hydrogens is 514 g/mol. The van der Waals surface area contributed by atoms with Crippen molar-refractivity contribution in [1.82, 2.24) is 14.8 Å². The van der Waals surface area contributed by atoms with Crippen LogP contribution in [0.2, 0.25) is 5.15 Å². The number of aryl methyl sites for hydroxylation is 1. The summed E-state index contributed by atoms with van der Waals surface area (Å²) in [5.41, 5.74) is 10.3. The van der Waals surface area contributed by atoms with Crippen LogP contribution in [0.15, 0.2) is 65.7 Å². The summed E-state index contributed by atoms with van der Waals surface area (Å²) in [5.74, 6) is -1.07. The van der Waals surface area contributed by atoms with Gasteiger partial charge in [-0.25, -0.2) is 18.1 Å². The zero-order chi connectivity index (χ0) is 26.3. The maximum Gasteiger partial charge on any atom is 0.269 e. The number of sulfone groups is 1. The fourth-order valence-electron chi connectivity index (χ4n) is 4.42. The Kier molecular flexibility index (Phi) is 6.30. The number of carbonyl (C=O) groups excluding carboxylic acids is 2. The minimum atomic E-state index is -3.37. The molecule has 2 amide bonds. The molecule has 0 atom stereocenters. The Morgan fingerprint density at radius 1 is 1.11 bits per heavy atom. The summed E-state index contributed by atoms with van der Waals surface area (Å²) in [6.45, 7) is 1.59. The van der Waals surface area contributed by atoms with E-state index in [0.717, 1.165) is 11.1 Å². The van der Waals surface area contributed by atoms with Gasteiger partial charge in [0.15, 0.2) is 15.5 Å². The first kappa shape index (κ1) is 24.7. The monoisotopic (exact) mass is 535 g/mol. The first-order valence-electron chi connectivity index (χ1n) is 11.5. The second kappa shape index (κ2) is 9.45. The Bertz CT molecular complexity index is 1660. The Balaban J connectivity index is 1.60. The zero-order valence-corrected chi connectivity index (χ0v) is 21.3. The van der Waals surface area contributed by atoms with Crippen LogP contribution < -0.4 is 11.1 Å². The van der Waals surface area contributed by atoms with Crippen molar-refractivity contribution in [2.75, 3.05) is 11.1 Å². The lowest BCUT2D eigenvalue weighted by atomic mass is 9.88. The summed E-state index contributed by atoms with van der Waals surface area (Å²) in [4.78, 5) is 29.2. The third-order valence-corrected chi connectivity index (χ3v) is 8.36. The van der Waals surface area contributed by atoms with Gasteiger partial charge in [-0.05, 0) is 66.9 Å². The van der Waals surface area contributed by atoms with Gasteiger partial charge in [0.2, 0.25) is 0 Å². The number of nitrogens with two attached hydrogens (primary N) is 1. The number of anilines is 1. The molecule has 188 valence electrons. The highest BCUT2D eigenvalue weighted by molar-refractivity contribution is 7.91. The number of hydrogen-bond acceptors (Lipinski definition) is 6. The standard InChI is InChI=1S/C26H22ClN5O4S/c1-2-37(35,36)18-10-8-17(9-11-18)32-23-19(22(31-32)25(28)33)12-6-15-5-7-16(14-21(15)23)30-26(34)20-4-3-13-29-24(20)27/h3-5,7-11,13-14H,2,6,12H2,1H3,(H2,28,33)(H,30,34). The second-order valence-corrected chi connectivity index (χ2v) is 11.2. The highest BCUT2D eigenvalue weighted by atomic mass is 35.5. The summed E-state index contributed by atoms with van der Waals surface area (Å²) < 4.78 is 26.1. The number of pyridine rings is 1. The number of amides is 2. The van der Waals surface area contributed by atoms with Gasteiger partial charge in [-0.1, -0.05) is 24.6 Å². The molecule has 0 radical (unpaired) electrons. The van der Waals surface area contributed by atoms with Gasteiger partial charge in [-0.2, -0.15) is 5.10 Å². The number of halogens is 1. The van der Waals surface area contributed by atoms with E-state index in [2.05, 4.69) is 15.4 Å². The van der Waals surface area contributed by atoms with Crippen LogP contribution >= 0.6 is 11.6 Å². The van der Waals surface area contributed by atoms with Gasteiger partial charge in [0, 0.05) is 23.0 Å². The number of carbonyl (C=O) groups is 2. The molecule has 1 aliphatic carbocycles. The van der Waals surface area contributed by atoms with Crippen LogP contribution in [0.5, 0.6) is 0 Å². The fraction of sp³-hybridized carbons (Fsp3) is 0.154. The lowest BCUT2D eigenvalue weighted by molar-refractivity contribution is 0.0992. The average Bonchev–Trinajstić information content (AvgIpc) is 3.29. The first-order valence-corrected chi connectivity index (χ1v) is 13.5. The molecule has 0 fully saturated rings. The molecule has 4 aromatic rings. The highest BCUT2D eigenvalue weighted by Gasteiger charge is 2.28. The quantitative estimate of drug-likeness (QED) is 0.360. The minimum absolute atomic E-state index is 0.0124. The molecule has 9 nitrogen and oxygen atoms in total. The number of benzene rings is 2. The lowest BCUT2D eigenvalue weighted by Gasteiger charge is -2.20. The number of aromatic nitrogens is 3. The van der Waals surface area contributed by atoms with Gasteiger partial charge in [0.05, 0.1) is 27.6 Å². The van der Waals surface area contributed by atoms with Crippen LogP contribution in [0.25, 0.3) is 16.9 Å². The zero-order valence-electron chi connectivity index (χ0n) is 19.7. The molecule has 0 spiro atoms. The predicted octanol–water partition coefficient (Wildman–Crippen LogP) is 3.83. The number of rotatable bonds is 6. The van der Waals surface area contributed by atoms with E-state index < -0.39 is 21.7 Å². The number of nitrogens with one attached hydrogen (secondary N) is 1. The molecule has 2 aromatic carbocycles. The predicted molar refractivity (Wildman–Crippen MR) is 140 cm³/mol. The van der Waals surface area contributed by atoms with Crippen LogP contribution in [0.1, 0.15) is 38.9 Å². The number of primary amides is 1. The van der Waals surface area contributed by atoms with E-state index in [0.29, 0.717) is 35.5 Å². The Labute approximate surface area is 218 Å². The molecule has 0 aliphatic heterocycles. The Morgan fingerprint density at radius 3 is 2.54 bits per heavy atom. The molecule has 37 heavy (non-hydrogen) atoms.